The van der Waals surface area contributed by atoms with Gasteiger partial charge in [-0.1, -0.05) is 32.1 Å². The molecule has 114 valence electrons. The minimum absolute atomic E-state index is 0. The molecule has 0 saturated heterocycles. The summed E-state index contributed by atoms with van der Waals surface area (Å²) >= 11 is 0. The van der Waals surface area contributed by atoms with Gasteiger partial charge in [0.1, 0.15) is 0 Å². The molecule has 0 bridgehead atoms. The van der Waals surface area contributed by atoms with Crippen molar-refractivity contribution in [1.82, 2.24) is 15.2 Å². The van der Waals surface area contributed by atoms with Crippen molar-refractivity contribution in [2.24, 2.45) is 5.92 Å². The van der Waals surface area contributed by atoms with Crippen LogP contribution in [0, 0.1) is 5.92 Å². The van der Waals surface area contributed by atoms with E-state index in [1.54, 1.807) is 18.6 Å². The van der Waals surface area contributed by atoms with Crippen LogP contribution in [0.15, 0.2) is 30.7 Å². The van der Waals surface area contributed by atoms with Crippen LogP contribution in [0.25, 0.3) is 11.3 Å². The second-order valence-electron chi connectivity index (χ2n) is 5.86. The van der Waals surface area contributed by atoms with Gasteiger partial charge in [0, 0.05) is 27.2 Å². The summed E-state index contributed by atoms with van der Waals surface area (Å²) in [7, 11) is 0. The van der Waals surface area contributed by atoms with Crippen molar-refractivity contribution in [1.29, 1.82) is 0 Å². The second kappa shape index (κ2) is 6.66. The van der Waals surface area contributed by atoms with E-state index < -0.39 is 0 Å². The predicted octanol–water partition coefficient (Wildman–Crippen LogP) is 4.51. The number of carbonyl (C=O) groups excluding carboxylic acids is 1. The van der Waals surface area contributed by atoms with Crippen molar-refractivity contribution in [3.63, 3.8) is 0 Å². The van der Waals surface area contributed by atoms with E-state index in [2.05, 4.69) is 15.2 Å². The van der Waals surface area contributed by atoms with Gasteiger partial charge in [0.2, 0.25) is 0 Å². The number of nitrogens with one attached hydrogen (secondary N) is 1. The number of Topliss-reactive ketones (excluding diaryl/α,β-unsaturated/α-hetero) is 1. The van der Waals surface area contributed by atoms with Crippen LogP contribution in [0.5, 0.6) is 0 Å². The SMILES string of the molecule is O=C(CCCC1CCCC1)c1cn[nH]c1-c1ccncc1.[HH].[HH]. The second-order valence-corrected chi connectivity index (χ2v) is 5.86. The Balaban J connectivity index is 0.00000132. The van der Waals surface area contributed by atoms with Gasteiger partial charge in [-0.05, 0) is 24.5 Å². The van der Waals surface area contributed by atoms with Crippen molar-refractivity contribution in [2.45, 2.75) is 44.9 Å². The number of aromatic amines is 1. The molecule has 1 aliphatic carbocycles. The first kappa shape index (κ1) is 14.0. The molecule has 0 spiro atoms. The van der Waals surface area contributed by atoms with Crippen LogP contribution >= 0.6 is 0 Å². The van der Waals surface area contributed by atoms with Crippen LogP contribution in [-0.2, 0) is 0 Å². The molecular formula is C17H25N3O. The molecule has 1 saturated carbocycles. The van der Waals surface area contributed by atoms with Crippen molar-refractivity contribution in [3.05, 3.63) is 36.3 Å². The Labute approximate surface area is 128 Å². The van der Waals surface area contributed by atoms with E-state index in [-0.39, 0.29) is 8.64 Å². The van der Waals surface area contributed by atoms with E-state index in [0.29, 0.717) is 12.0 Å². The fraction of sp³-hybridized carbons (Fsp3) is 0.471. The fourth-order valence-electron chi connectivity index (χ4n) is 3.22. The Morgan fingerprint density at radius 3 is 2.81 bits per heavy atom. The minimum Gasteiger partial charge on any atom is -0.294 e. The molecule has 1 fully saturated rings. The van der Waals surface area contributed by atoms with Crippen LogP contribution in [0.2, 0.25) is 0 Å². The molecule has 1 aliphatic rings. The van der Waals surface area contributed by atoms with Gasteiger partial charge in [-0.15, -0.1) is 0 Å². The smallest absolute Gasteiger partial charge is 0.166 e. The zero-order valence-electron chi connectivity index (χ0n) is 12.2. The molecular weight excluding hydrogens is 262 g/mol. The quantitative estimate of drug-likeness (QED) is 0.795. The van der Waals surface area contributed by atoms with E-state index in [4.69, 9.17) is 0 Å². The average molecular weight is 287 g/mol. The lowest BCUT2D eigenvalue weighted by Gasteiger charge is -2.07. The Morgan fingerprint density at radius 1 is 1.29 bits per heavy atom. The van der Waals surface area contributed by atoms with E-state index in [1.807, 2.05) is 12.1 Å². The van der Waals surface area contributed by atoms with Gasteiger partial charge in [-0.25, -0.2) is 0 Å². The van der Waals surface area contributed by atoms with Gasteiger partial charge < -0.3 is 0 Å². The molecule has 0 unspecified atom stereocenters. The molecule has 2 aromatic heterocycles. The Morgan fingerprint density at radius 2 is 2.05 bits per heavy atom. The Kier molecular flexibility index (Phi) is 4.43. The normalized spacial score (nSPS) is 15.4. The van der Waals surface area contributed by atoms with E-state index in [0.717, 1.165) is 23.6 Å². The number of hydrogen-bond acceptors (Lipinski definition) is 3. The van der Waals surface area contributed by atoms with Gasteiger partial charge in [0.05, 0.1) is 17.5 Å². The third-order valence-electron chi connectivity index (χ3n) is 4.40. The molecule has 0 radical (unpaired) electrons. The highest BCUT2D eigenvalue weighted by atomic mass is 16.1. The first-order valence-electron chi connectivity index (χ1n) is 7.81. The molecule has 3 rings (SSSR count). The van der Waals surface area contributed by atoms with Crippen LogP contribution in [0.4, 0.5) is 0 Å². The molecule has 2 aromatic rings. The van der Waals surface area contributed by atoms with Crippen molar-refractivity contribution < 1.29 is 7.65 Å². The van der Waals surface area contributed by atoms with Crippen molar-refractivity contribution in [3.8, 4) is 11.3 Å². The summed E-state index contributed by atoms with van der Waals surface area (Å²) in [5, 5.41) is 6.97. The van der Waals surface area contributed by atoms with Gasteiger partial charge in [0.15, 0.2) is 5.78 Å². The number of carbonyl (C=O) groups is 1. The summed E-state index contributed by atoms with van der Waals surface area (Å²) in [5.74, 6) is 1.04. The average Bonchev–Trinajstić information content (AvgIpc) is 3.19. The summed E-state index contributed by atoms with van der Waals surface area (Å²) in [4.78, 5) is 16.4. The van der Waals surface area contributed by atoms with Crippen molar-refractivity contribution >= 4 is 5.78 Å². The molecule has 0 amide bonds. The lowest BCUT2D eigenvalue weighted by molar-refractivity contribution is 0.0978. The maximum Gasteiger partial charge on any atom is 0.166 e. The number of nitrogens with zero attached hydrogens (tertiary/aromatic N) is 2. The maximum absolute atomic E-state index is 12.4. The van der Waals surface area contributed by atoms with Crippen LogP contribution in [0.1, 0.15) is 58.2 Å². The van der Waals surface area contributed by atoms with Gasteiger partial charge in [-0.3, -0.25) is 14.9 Å². The molecule has 0 atom stereocenters. The molecule has 0 aliphatic heterocycles. The topological polar surface area (TPSA) is 58.6 Å². The number of ketones is 1. The number of H-pyrrole nitrogens is 1. The standard InChI is InChI=1S/C17H21N3O.2H2/c21-16(7-3-6-13-4-1-2-5-13)15-12-19-20-17(15)14-8-10-18-11-9-14;;/h8-13H,1-7H2,(H,19,20);2*1H. The predicted molar refractivity (Wildman–Crippen MR) is 86.2 cm³/mol. The first-order valence-corrected chi connectivity index (χ1v) is 7.81. The third kappa shape index (κ3) is 3.38. The largest absolute Gasteiger partial charge is 0.294 e. The van der Waals surface area contributed by atoms with Crippen LogP contribution in [-0.4, -0.2) is 21.0 Å². The van der Waals surface area contributed by atoms with E-state index in [9.17, 15) is 4.79 Å². The number of aromatic nitrogens is 3. The number of pyridine rings is 1. The highest BCUT2D eigenvalue weighted by Gasteiger charge is 2.17. The minimum atomic E-state index is 0. The summed E-state index contributed by atoms with van der Waals surface area (Å²) in [6, 6.07) is 3.78. The summed E-state index contributed by atoms with van der Waals surface area (Å²) in [6.45, 7) is 0. The summed E-state index contributed by atoms with van der Waals surface area (Å²) in [5.41, 5.74) is 2.47. The molecule has 4 nitrogen and oxygen atoms in total. The molecule has 4 heteroatoms. The molecule has 1 N–H and O–H groups in total. The lowest BCUT2D eigenvalue weighted by Crippen LogP contribution is -2.02. The molecule has 21 heavy (non-hydrogen) atoms. The highest BCUT2D eigenvalue weighted by molar-refractivity contribution is 6.01. The molecule has 0 aromatic carbocycles. The third-order valence-corrected chi connectivity index (χ3v) is 4.40. The van der Waals surface area contributed by atoms with Gasteiger partial charge in [0.25, 0.3) is 0 Å². The number of rotatable bonds is 6. The van der Waals surface area contributed by atoms with Gasteiger partial charge in [-0.2, -0.15) is 5.10 Å². The zero-order chi connectivity index (χ0) is 14.5. The number of hydrogen-bond donors (Lipinski definition) is 1. The Hall–Kier alpha value is -1.97. The highest BCUT2D eigenvalue weighted by Crippen LogP contribution is 2.29. The maximum atomic E-state index is 12.4. The summed E-state index contributed by atoms with van der Waals surface area (Å²) in [6.07, 6.45) is 13.3. The van der Waals surface area contributed by atoms with E-state index in [1.165, 1.54) is 32.1 Å². The van der Waals surface area contributed by atoms with Crippen molar-refractivity contribution in [2.75, 3.05) is 0 Å². The fourth-order valence-corrected chi connectivity index (χ4v) is 3.22. The zero-order valence-corrected chi connectivity index (χ0v) is 12.2. The summed E-state index contributed by atoms with van der Waals surface area (Å²) < 4.78 is 0. The lowest BCUT2D eigenvalue weighted by atomic mass is 9.97. The first-order chi connectivity index (χ1) is 10.3. The van der Waals surface area contributed by atoms with Crippen LogP contribution < -0.4 is 0 Å². The van der Waals surface area contributed by atoms with E-state index >= 15 is 0 Å². The van der Waals surface area contributed by atoms with Gasteiger partial charge >= 0.3 is 0 Å². The Bertz CT molecular complexity index is 595. The molecule has 2 heterocycles. The monoisotopic (exact) mass is 287 g/mol. The van der Waals surface area contributed by atoms with Crippen LogP contribution in [0.3, 0.4) is 0 Å².